The van der Waals surface area contributed by atoms with Crippen LogP contribution in [0.3, 0.4) is 0 Å². The highest BCUT2D eigenvalue weighted by atomic mass is 32.2. The first-order chi connectivity index (χ1) is 15.8. The number of para-hydroxylation sites is 2. The summed E-state index contributed by atoms with van der Waals surface area (Å²) < 4.78 is 7.29. The lowest BCUT2D eigenvalue weighted by Gasteiger charge is -2.17. The summed E-state index contributed by atoms with van der Waals surface area (Å²) in [7, 11) is 0. The van der Waals surface area contributed by atoms with Gasteiger partial charge in [-0.2, -0.15) is 0 Å². The van der Waals surface area contributed by atoms with Crippen molar-refractivity contribution in [1.82, 2.24) is 9.55 Å². The number of thioether (sulfide) groups is 1. The van der Waals surface area contributed by atoms with Gasteiger partial charge in [0.25, 0.3) is 5.56 Å². The number of amides is 1. The van der Waals surface area contributed by atoms with E-state index < -0.39 is 0 Å². The van der Waals surface area contributed by atoms with Gasteiger partial charge in [0.05, 0.1) is 22.8 Å². The first-order valence-corrected chi connectivity index (χ1v) is 12.4. The summed E-state index contributed by atoms with van der Waals surface area (Å²) >= 11 is 1.29. The molecule has 0 bridgehead atoms. The number of rotatable bonds is 10. The predicted molar refractivity (Wildman–Crippen MR) is 136 cm³/mol. The zero-order valence-electron chi connectivity index (χ0n) is 20.1. The molecule has 0 aliphatic carbocycles. The first-order valence-electron chi connectivity index (χ1n) is 11.4. The molecule has 1 N–H and O–H groups in total. The second-order valence-corrected chi connectivity index (χ2v) is 9.61. The number of aryl methyl sites for hydroxylation is 1. The van der Waals surface area contributed by atoms with Crippen molar-refractivity contribution in [3.05, 3.63) is 63.9 Å². The monoisotopic (exact) mass is 467 g/mol. The molecule has 176 valence electrons. The molecule has 0 saturated heterocycles. The van der Waals surface area contributed by atoms with E-state index in [1.807, 2.05) is 57.2 Å². The molecule has 0 aliphatic heterocycles. The van der Waals surface area contributed by atoms with E-state index in [4.69, 9.17) is 9.72 Å². The Labute approximate surface area is 199 Å². The van der Waals surface area contributed by atoms with E-state index in [0.717, 1.165) is 16.8 Å². The quantitative estimate of drug-likeness (QED) is 0.246. The summed E-state index contributed by atoms with van der Waals surface area (Å²) in [4.78, 5) is 30.7. The van der Waals surface area contributed by atoms with Gasteiger partial charge in [0.2, 0.25) is 5.91 Å². The molecular formula is C26H33N3O3S. The van der Waals surface area contributed by atoms with Crippen molar-refractivity contribution in [2.45, 2.75) is 64.8 Å². The minimum absolute atomic E-state index is 0.0888. The molecule has 1 amide bonds. The van der Waals surface area contributed by atoms with Gasteiger partial charge in [0.1, 0.15) is 0 Å². The van der Waals surface area contributed by atoms with Crippen molar-refractivity contribution in [2.24, 2.45) is 0 Å². The maximum Gasteiger partial charge on any atom is 0.262 e. The highest BCUT2D eigenvalue weighted by Gasteiger charge is 2.16. The fraction of sp³-hybridized carbons (Fsp3) is 0.423. The largest absolute Gasteiger partial charge is 0.379 e. The Hall–Kier alpha value is -2.64. The number of nitrogens with zero attached hydrogens (tertiary/aromatic N) is 2. The highest BCUT2D eigenvalue weighted by molar-refractivity contribution is 7.99. The average molecular weight is 468 g/mol. The van der Waals surface area contributed by atoms with E-state index in [0.29, 0.717) is 41.5 Å². The van der Waals surface area contributed by atoms with E-state index in [9.17, 15) is 9.59 Å². The van der Waals surface area contributed by atoms with Gasteiger partial charge in [0, 0.05) is 18.8 Å². The zero-order chi connectivity index (χ0) is 24.0. The van der Waals surface area contributed by atoms with Crippen LogP contribution in [0.5, 0.6) is 0 Å². The molecule has 3 aromatic rings. The fourth-order valence-electron chi connectivity index (χ4n) is 3.64. The molecule has 0 fully saturated rings. The van der Waals surface area contributed by atoms with Crippen LogP contribution in [0.15, 0.2) is 52.4 Å². The average Bonchev–Trinajstić information content (AvgIpc) is 2.77. The maximum atomic E-state index is 13.1. The number of hydrogen-bond donors (Lipinski definition) is 1. The topological polar surface area (TPSA) is 73.2 Å². The number of carbonyl (C=O) groups is 1. The second-order valence-electron chi connectivity index (χ2n) is 8.67. The highest BCUT2D eigenvalue weighted by Crippen LogP contribution is 2.28. The molecule has 1 heterocycles. The summed E-state index contributed by atoms with van der Waals surface area (Å²) in [5.41, 5.74) is 3.56. The smallest absolute Gasteiger partial charge is 0.262 e. The number of nitrogens with one attached hydrogen (secondary N) is 1. The Morgan fingerprint density at radius 3 is 2.61 bits per heavy atom. The lowest BCUT2D eigenvalue weighted by atomic mass is 9.98. The van der Waals surface area contributed by atoms with Crippen molar-refractivity contribution in [2.75, 3.05) is 17.7 Å². The van der Waals surface area contributed by atoms with Gasteiger partial charge in [0.15, 0.2) is 5.16 Å². The minimum Gasteiger partial charge on any atom is -0.379 e. The lowest BCUT2D eigenvalue weighted by Crippen LogP contribution is -2.25. The zero-order valence-corrected chi connectivity index (χ0v) is 20.9. The third-order valence-corrected chi connectivity index (χ3v) is 6.30. The van der Waals surface area contributed by atoms with Gasteiger partial charge >= 0.3 is 0 Å². The SMILES string of the molecule is Cc1cccc(C(C)C)c1NC(=O)CSc1nc2ccccc2c(=O)n1CCCOC(C)C. The first kappa shape index (κ1) is 25.0. The Morgan fingerprint density at radius 1 is 1.12 bits per heavy atom. The van der Waals surface area contributed by atoms with Crippen molar-refractivity contribution >= 4 is 34.3 Å². The summed E-state index contributed by atoms with van der Waals surface area (Å²) in [6.45, 7) is 11.2. The van der Waals surface area contributed by atoms with E-state index in [2.05, 4.69) is 19.2 Å². The van der Waals surface area contributed by atoms with Crippen LogP contribution in [0.25, 0.3) is 10.9 Å². The van der Waals surface area contributed by atoms with Crippen LogP contribution in [-0.4, -0.2) is 33.9 Å². The van der Waals surface area contributed by atoms with Crippen molar-refractivity contribution in [3.8, 4) is 0 Å². The van der Waals surface area contributed by atoms with Crippen LogP contribution >= 0.6 is 11.8 Å². The molecule has 0 aliphatic rings. The number of ether oxygens (including phenoxy) is 1. The second kappa shape index (κ2) is 11.5. The molecule has 6 nitrogen and oxygen atoms in total. The number of carbonyl (C=O) groups excluding carboxylic acids is 1. The number of aromatic nitrogens is 2. The minimum atomic E-state index is -0.117. The number of hydrogen-bond acceptors (Lipinski definition) is 5. The Bertz CT molecular complexity index is 1170. The molecule has 1 aromatic heterocycles. The van der Waals surface area contributed by atoms with E-state index >= 15 is 0 Å². The lowest BCUT2D eigenvalue weighted by molar-refractivity contribution is -0.113. The summed E-state index contributed by atoms with van der Waals surface area (Å²) in [6.07, 6.45) is 0.838. The van der Waals surface area contributed by atoms with E-state index in [-0.39, 0.29) is 23.3 Å². The van der Waals surface area contributed by atoms with Crippen molar-refractivity contribution < 1.29 is 9.53 Å². The predicted octanol–water partition coefficient (Wildman–Crippen LogP) is 5.37. The molecule has 0 atom stereocenters. The molecule has 3 rings (SSSR count). The third kappa shape index (κ3) is 6.45. The van der Waals surface area contributed by atoms with Crippen LogP contribution in [0.2, 0.25) is 0 Å². The van der Waals surface area contributed by atoms with E-state index in [1.165, 1.54) is 11.8 Å². The van der Waals surface area contributed by atoms with Gasteiger partial charge in [-0.05, 0) is 56.4 Å². The van der Waals surface area contributed by atoms with Crippen LogP contribution in [-0.2, 0) is 16.1 Å². The van der Waals surface area contributed by atoms with E-state index in [1.54, 1.807) is 10.6 Å². The Morgan fingerprint density at radius 2 is 1.88 bits per heavy atom. The molecule has 0 unspecified atom stereocenters. The third-order valence-electron chi connectivity index (χ3n) is 5.33. The molecule has 7 heteroatoms. The maximum absolute atomic E-state index is 13.1. The Kier molecular flexibility index (Phi) is 8.69. The Balaban J connectivity index is 1.80. The fourth-order valence-corrected chi connectivity index (χ4v) is 4.47. The molecular weight excluding hydrogens is 434 g/mol. The molecule has 2 aromatic carbocycles. The number of benzene rings is 2. The van der Waals surface area contributed by atoms with Crippen LogP contribution in [0.1, 0.15) is 51.2 Å². The normalized spacial score (nSPS) is 11.5. The number of anilines is 1. The molecule has 33 heavy (non-hydrogen) atoms. The number of fused-ring (bicyclic) bond motifs is 1. The van der Waals surface area contributed by atoms with Crippen molar-refractivity contribution in [3.63, 3.8) is 0 Å². The van der Waals surface area contributed by atoms with Crippen LogP contribution in [0, 0.1) is 6.92 Å². The van der Waals surface area contributed by atoms with Gasteiger partial charge in [-0.1, -0.05) is 55.9 Å². The van der Waals surface area contributed by atoms with Crippen LogP contribution in [0.4, 0.5) is 5.69 Å². The molecule has 0 saturated carbocycles. The summed E-state index contributed by atoms with van der Waals surface area (Å²) in [5.74, 6) is 0.348. The van der Waals surface area contributed by atoms with Crippen molar-refractivity contribution in [1.29, 1.82) is 0 Å². The summed E-state index contributed by atoms with van der Waals surface area (Å²) in [5, 5.41) is 4.20. The van der Waals surface area contributed by atoms with Gasteiger partial charge in [-0.15, -0.1) is 0 Å². The van der Waals surface area contributed by atoms with Gasteiger partial charge < -0.3 is 10.1 Å². The van der Waals surface area contributed by atoms with Crippen LogP contribution < -0.4 is 10.9 Å². The summed E-state index contributed by atoms with van der Waals surface area (Å²) in [6, 6.07) is 13.4. The molecule has 0 spiro atoms. The van der Waals surface area contributed by atoms with Gasteiger partial charge in [-0.25, -0.2) is 4.98 Å². The standard InChI is InChI=1S/C26H33N3O3S/c1-17(2)20-12-8-10-19(5)24(20)28-23(30)16-33-26-27-22-13-7-6-11-21(22)25(31)29(26)14-9-15-32-18(3)4/h6-8,10-13,17-18H,9,14-16H2,1-5H3,(H,28,30). The molecule has 0 radical (unpaired) electrons. The van der Waals surface area contributed by atoms with Gasteiger partial charge in [-0.3, -0.25) is 14.2 Å².